The monoisotopic (exact) mass is 302 g/mol. The molecule has 0 saturated carbocycles. The molecule has 1 atom stereocenters. The van der Waals surface area contributed by atoms with Gasteiger partial charge in [0.1, 0.15) is 6.61 Å². The number of benzene rings is 1. The zero-order valence-electron chi connectivity index (χ0n) is 10.1. The Bertz CT molecular complexity index is 409. The van der Waals surface area contributed by atoms with Gasteiger partial charge in [-0.25, -0.2) is 0 Å². The summed E-state index contributed by atoms with van der Waals surface area (Å²) in [6.45, 7) is -1.77. The first-order chi connectivity index (χ1) is 9.09. The van der Waals surface area contributed by atoms with Gasteiger partial charge in [0.15, 0.2) is 0 Å². The quantitative estimate of drug-likeness (QED) is 0.664. The number of aliphatic hydroxyl groups excluding tert-OH is 1. The molecule has 0 aliphatic heterocycles. The molecule has 1 unspecified atom stereocenters. The maximum absolute atomic E-state index is 12.3. The first kappa shape index (κ1) is 16.8. The van der Waals surface area contributed by atoms with Crippen LogP contribution in [0.25, 0.3) is 0 Å². The average molecular weight is 302 g/mol. The topological polar surface area (TPSA) is 29.5 Å². The van der Waals surface area contributed by atoms with Gasteiger partial charge < -0.3 is 9.84 Å². The summed E-state index contributed by atoms with van der Waals surface area (Å²) in [7, 11) is 0. The van der Waals surface area contributed by atoms with Gasteiger partial charge in [-0.15, -0.1) is 0 Å². The predicted molar refractivity (Wildman–Crippen MR) is 57.9 cm³/mol. The minimum absolute atomic E-state index is 0.137. The van der Waals surface area contributed by atoms with Crippen LogP contribution in [-0.2, 0) is 10.9 Å². The molecule has 1 aromatic carbocycles. The summed E-state index contributed by atoms with van der Waals surface area (Å²) >= 11 is 0. The van der Waals surface area contributed by atoms with Crippen molar-refractivity contribution < 1.29 is 36.2 Å². The van der Waals surface area contributed by atoms with Gasteiger partial charge in [-0.2, -0.15) is 26.3 Å². The molecule has 20 heavy (non-hydrogen) atoms. The summed E-state index contributed by atoms with van der Waals surface area (Å²) in [6.07, 6.45) is -10.2. The van der Waals surface area contributed by atoms with Gasteiger partial charge in [0, 0.05) is 13.0 Å². The van der Waals surface area contributed by atoms with E-state index in [1.54, 1.807) is 0 Å². The van der Waals surface area contributed by atoms with Crippen LogP contribution in [0.3, 0.4) is 0 Å². The first-order valence-corrected chi connectivity index (χ1v) is 5.59. The molecular formula is C12H12F6O2. The lowest BCUT2D eigenvalue weighted by Crippen LogP contribution is -2.18. The lowest BCUT2D eigenvalue weighted by Gasteiger charge is -2.13. The molecule has 0 fully saturated rings. The molecule has 0 spiro atoms. The largest absolute Gasteiger partial charge is 0.416 e. The van der Waals surface area contributed by atoms with Crippen molar-refractivity contribution in [2.75, 3.05) is 13.2 Å². The molecule has 1 rings (SSSR count). The summed E-state index contributed by atoms with van der Waals surface area (Å²) < 4.78 is 76.5. The van der Waals surface area contributed by atoms with Crippen molar-refractivity contribution in [1.29, 1.82) is 0 Å². The molecule has 1 N–H and O–H groups in total. The summed E-state index contributed by atoms with van der Waals surface area (Å²) in [5, 5.41) is 9.60. The van der Waals surface area contributed by atoms with E-state index in [4.69, 9.17) is 0 Å². The second-order valence-corrected chi connectivity index (χ2v) is 4.09. The second kappa shape index (κ2) is 6.45. The van der Waals surface area contributed by atoms with E-state index in [1.165, 1.54) is 0 Å². The highest BCUT2D eigenvalue weighted by molar-refractivity contribution is 5.25. The second-order valence-electron chi connectivity index (χ2n) is 4.09. The molecular weight excluding hydrogens is 290 g/mol. The third-order valence-corrected chi connectivity index (χ3v) is 2.42. The van der Waals surface area contributed by atoms with Crippen LogP contribution in [0.1, 0.15) is 23.7 Å². The van der Waals surface area contributed by atoms with Crippen LogP contribution in [-0.4, -0.2) is 24.5 Å². The fraction of sp³-hybridized carbons (Fsp3) is 0.500. The lowest BCUT2D eigenvalue weighted by atomic mass is 10.0. The van der Waals surface area contributed by atoms with Crippen LogP contribution in [0.4, 0.5) is 26.3 Å². The Labute approximate surface area is 111 Å². The summed E-state index contributed by atoms with van der Waals surface area (Å²) in [5.41, 5.74) is -0.671. The van der Waals surface area contributed by atoms with Crippen molar-refractivity contribution >= 4 is 0 Å². The Kier molecular flexibility index (Phi) is 5.41. The first-order valence-electron chi connectivity index (χ1n) is 5.59. The standard InChI is InChI=1S/C12H12F6O2/c13-11(14,15)7-20-6-5-10(19)8-1-3-9(4-2-8)12(16,17)18/h1-4,10,19H,5-7H2. The summed E-state index contributed by atoms with van der Waals surface area (Å²) in [5.74, 6) is 0. The molecule has 0 aliphatic carbocycles. The Hall–Kier alpha value is -1.28. The highest BCUT2D eigenvalue weighted by Gasteiger charge is 2.30. The maximum atomic E-state index is 12.3. The van der Waals surface area contributed by atoms with Gasteiger partial charge in [0.25, 0.3) is 0 Å². The molecule has 2 nitrogen and oxygen atoms in total. The van der Waals surface area contributed by atoms with Crippen molar-refractivity contribution in [3.63, 3.8) is 0 Å². The summed E-state index contributed by atoms with van der Waals surface area (Å²) in [4.78, 5) is 0. The van der Waals surface area contributed by atoms with Crippen molar-refractivity contribution in [1.82, 2.24) is 0 Å². The Balaban J connectivity index is 2.46. The van der Waals surface area contributed by atoms with E-state index in [1.807, 2.05) is 0 Å². The van der Waals surface area contributed by atoms with E-state index in [9.17, 15) is 31.4 Å². The molecule has 114 valence electrons. The fourth-order valence-corrected chi connectivity index (χ4v) is 1.44. The Morgan fingerprint density at radius 1 is 1.00 bits per heavy atom. The van der Waals surface area contributed by atoms with Crippen LogP contribution in [0.2, 0.25) is 0 Å². The smallest absolute Gasteiger partial charge is 0.388 e. The lowest BCUT2D eigenvalue weighted by molar-refractivity contribution is -0.175. The van der Waals surface area contributed by atoms with Gasteiger partial charge >= 0.3 is 12.4 Å². The third-order valence-electron chi connectivity index (χ3n) is 2.42. The van der Waals surface area contributed by atoms with Crippen LogP contribution in [0.15, 0.2) is 24.3 Å². The summed E-state index contributed by atoms with van der Waals surface area (Å²) in [6, 6.07) is 3.76. The van der Waals surface area contributed by atoms with Crippen LogP contribution < -0.4 is 0 Å². The molecule has 0 bridgehead atoms. The fourth-order valence-electron chi connectivity index (χ4n) is 1.44. The molecule has 0 aromatic heterocycles. The van der Waals surface area contributed by atoms with Crippen LogP contribution in [0, 0.1) is 0 Å². The molecule has 0 amide bonds. The Morgan fingerprint density at radius 2 is 1.55 bits per heavy atom. The highest BCUT2D eigenvalue weighted by atomic mass is 19.4. The molecule has 8 heteroatoms. The maximum Gasteiger partial charge on any atom is 0.416 e. The van der Waals surface area contributed by atoms with E-state index < -0.39 is 30.6 Å². The number of rotatable bonds is 5. The zero-order valence-corrected chi connectivity index (χ0v) is 10.1. The molecule has 0 radical (unpaired) electrons. The number of hydrogen-bond acceptors (Lipinski definition) is 2. The van der Waals surface area contributed by atoms with E-state index in [2.05, 4.69) is 4.74 Å². The van der Waals surface area contributed by atoms with Gasteiger partial charge in [-0.05, 0) is 17.7 Å². The number of ether oxygens (including phenoxy) is 1. The van der Waals surface area contributed by atoms with Crippen molar-refractivity contribution in [2.24, 2.45) is 0 Å². The van der Waals surface area contributed by atoms with E-state index in [0.29, 0.717) is 0 Å². The minimum Gasteiger partial charge on any atom is -0.388 e. The number of aliphatic hydroxyl groups is 1. The molecule has 0 saturated heterocycles. The Morgan fingerprint density at radius 3 is 2.00 bits per heavy atom. The normalized spacial score (nSPS) is 14.3. The minimum atomic E-state index is -4.47. The average Bonchev–Trinajstić information content (AvgIpc) is 2.32. The SMILES string of the molecule is OC(CCOCC(F)(F)F)c1ccc(C(F)(F)F)cc1. The van der Waals surface area contributed by atoms with Gasteiger partial charge in [-0.3, -0.25) is 0 Å². The van der Waals surface area contributed by atoms with E-state index in [-0.39, 0.29) is 18.6 Å². The van der Waals surface area contributed by atoms with Gasteiger partial charge in [-0.1, -0.05) is 12.1 Å². The zero-order chi connectivity index (χ0) is 15.4. The van der Waals surface area contributed by atoms with Crippen LogP contribution in [0.5, 0.6) is 0 Å². The highest BCUT2D eigenvalue weighted by Crippen LogP contribution is 2.30. The van der Waals surface area contributed by atoms with E-state index >= 15 is 0 Å². The molecule has 0 heterocycles. The van der Waals surface area contributed by atoms with E-state index in [0.717, 1.165) is 24.3 Å². The van der Waals surface area contributed by atoms with Crippen molar-refractivity contribution in [3.05, 3.63) is 35.4 Å². The number of hydrogen-bond donors (Lipinski definition) is 1. The molecule has 1 aromatic rings. The van der Waals surface area contributed by atoms with Gasteiger partial charge in [0.2, 0.25) is 0 Å². The number of halogens is 6. The number of alkyl halides is 6. The van der Waals surface area contributed by atoms with Gasteiger partial charge in [0.05, 0.1) is 11.7 Å². The third kappa shape index (κ3) is 5.79. The predicted octanol–water partition coefficient (Wildman–Crippen LogP) is 3.71. The molecule has 0 aliphatic rings. The van der Waals surface area contributed by atoms with Crippen LogP contribution >= 0.6 is 0 Å². The van der Waals surface area contributed by atoms with Crippen molar-refractivity contribution in [3.8, 4) is 0 Å². The van der Waals surface area contributed by atoms with Crippen molar-refractivity contribution in [2.45, 2.75) is 24.9 Å².